The number of fused-ring (bicyclic) bond motifs is 1. The molecule has 3 N–H and O–H groups in total. The van der Waals surface area contributed by atoms with E-state index < -0.39 is 0 Å². The van der Waals surface area contributed by atoms with Crippen LogP contribution in [0.1, 0.15) is 25.1 Å². The van der Waals surface area contributed by atoms with Gasteiger partial charge in [0.05, 0.1) is 11.0 Å². The Balaban J connectivity index is 1.93. The van der Waals surface area contributed by atoms with Gasteiger partial charge in [0.1, 0.15) is 5.82 Å². The molecule has 4 heteroatoms. The van der Waals surface area contributed by atoms with Crippen LogP contribution in [0.2, 0.25) is 0 Å². The van der Waals surface area contributed by atoms with Gasteiger partial charge in [-0.3, -0.25) is 0 Å². The lowest BCUT2D eigenvalue weighted by Crippen LogP contribution is -2.30. The van der Waals surface area contributed by atoms with Gasteiger partial charge in [0.15, 0.2) is 0 Å². The van der Waals surface area contributed by atoms with Crippen molar-refractivity contribution in [2.24, 2.45) is 5.73 Å². The summed E-state index contributed by atoms with van der Waals surface area (Å²) in [7, 11) is 0. The SMILES string of the molecule is Cc1nc2ccc(N3CCCC3CCN)cc2[nH]1. The van der Waals surface area contributed by atoms with Gasteiger partial charge < -0.3 is 15.6 Å². The average molecular weight is 244 g/mol. The molecule has 1 fully saturated rings. The number of H-pyrrole nitrogens is 1. The maximum Gasteiger partial charge on any atom is 0.104 e. The van der Waals surface area contributed by atoms with E-state index in [0.29, 0.717) is 6.04 Å². The maximum absolute atomic E-state index is 5.70. The second-order valence-corrected chi connectivity index (χ2v) is 5.09. The Morgan fingerprint density at radius 2 is 2.39 bits per heavy atom. The lowest BCUT2D eigenvalue weighted by atomic mass is 10.1. The molecule has 1 atom stereocenters. The first-order valence-corrected chi connectivity index (χ1v) is 6.71. The molecule has 1 aromatic carbocycles. The number of benzene rings is 1. The zero-order valence-corrected chi connectivity index (χ0v) is 10.8. The number of anilines is 1. The molecule has 1 saturated heterocycles. The Hall–Kier alpha value is -1.55. The number of aromatic amines is 1. The molecule has 1 aliphatic rings. The Labute approximate surface area is 107 Å². The number of aromatic nitrogens is 2. The van der Waals surface area contributed by atoms with E-state index in [4.69, 9.17) is 5.73 Å². The molecular formula is C14H20N4. The minimum Gasteiger partial charge on any atom is -0.368 e. The van der Waals surface area contributed by atoms with Crippen molar-refractivity contribution < 1.29 is 0 Å². The van der Waals surface area contributed by atoms with Gasteiger partial charge in [-0.15, -0.1) is 0 Å². The molecular weight excluding hydrogens is 224 g/mol. The van der Waals surface area contributed by atoms with Crippen LogP contribution in [0, 0.1) is 6.92 Å². The number of imidazole rings is 1. The molecule has 0 amide bonds. The van der Waals surface area contributed by atoms with Crippen molar-refractivity contribution in [2.45, 2.75) is 32.2 Å². The first kappa shape index (κ1) is 11.5. The predicted molar refractivity (Wildman–Crippen MR) is 74.9 cm³/mol. The normalized spacial score (nSPS) is 19.9. The summed E-state index contributed by atoms with van der Waals surface area (Å²) in [5, 5.41) is 0. The summed E-state index contributed by atoms with van der Waals surface area (Å²) < 4.78 is 0. The summed E-state index contributed by atoms with van der Waals surface area (Å²) in [6.45, 7) is 3.91. The Kier molecular flexibility index (Phi) is 2.96. The predicted octanol–water partition coefficient (Wildman–Crippen LogP) is 2.19. The summed E-state index contributed by atoms with van der Waals surface area (Å²) in [4.78, 5) is 10.2. The van der Waals surface area contributed by atoms with Gasteiger partial charge in [0.25, 0.3) is 0 Å². The van der Waals surface area contributed by atoms with Crippen LogP contribution in [0.25, 0.3) is 11.0 Å². The van der Waals surface area contributed by atoms with Crippen molar-refractivity contribution in [1.29, 1.82) is 0 Å². The van der Waals surface area contributed by atoms with Crippen molar-refractivity contribution in [2.75, 3.05) is 18.0 Å². The molecule has 2 aromatic rings. The smallest absolute Gasteiger partial charge is 0.104 e. The number of nitrogens with two attached hydrogens (primary N) is 1. The van der Waals surface area contributed by atoms with Gasteiger partial charge in [-0.05, 0) is 50.9 Å². The number of hydrogen-bond acceptors (Lipinski definition) is 3. The fraction of sp³-hybridized carbons (Fsp3) is 0.500. The molecule has 3 rings (SSSR count). The van der Waals surface area contributed by atoms with Gasteiger partial charge in [0.2, 0.25) is 0 Å². The molecule has 96 valence electrons. The maximum atomic E-state index is 5.70. The highest BCUT2D eigenvalue weighted by Gasteiger charge is 2.24. The van der Waals surface area contributed by atoms with E-state index in [9.17, 15) is 0 Å². The van der Waals surface area contributed by atoms with Crippen molar-refractivity contribution in [3.05, 3.63) is 24.0 Å². The van der Waals surface area contributed by atoms with E-state index >= 15 is 0 Å². The summed E-state index contributed by atoms with van der Waals surface area (Å²) in [5.74, 6) is 0.974. The zero-order chi connectivity index (χ0) is 12.5. The Morgan fingerprint density at radius 1 is 1.50 bits per heavy atom. The summed E-state index contributed by atoms with van der Waals surface area (Å²) >= 11 is 0. The molecule has 0 radical (unpaired) electrons. The van der Waals surface area contributed by atoms with Crippen molar-refractivity contribution in [1.82, 2.24) is 9.97 Å². The molecule has 1 aromatic heterocycles. The van der Waals surface area contributed by atoms with Crippen LogP contribution in [0.5, 0.6) is 0 Å². The van der Waals surface area contributed by atoms with Crippen LogP contribution in [-0.4, -0.2) is 29.1 Å². The van der Waals surface area contributed by atoms with Crippen LogP contribution >= 0.6 is 0 Å². The third kappa shape index (κ3) is 1.97. The topological polar surface area (TPSA) is 57.9 Å². The molecule has 4 nitrogen and oxygen atoms in total. The average Bonchev–Trinajstić information content (AvgIpc) is 2.93. The quantitative estimate of drug-likeness (QED) is 0.870. The van der Waals surface area contributed by atoms with Crippen molar-refractivity contribution in [3.8, 4) is 0 Å². The van der Waals surface area contributed by atoms with Crippen molar-refractivity contribution in [3.63, 3.8) is 0 Å². The van der Waals surface area contributed by atoms with E-state index in [1.54, 1.807) is 0 Å². The molecule has 1 unspecified atom stereocenters. The first-order chi connectivity index (χ1) is 8.78. The molecule has 0 spiro atoms. The highest BCUT2D eigenvalue weighted by molar-refractivity contribution is 5.79. The van der Waals surface area contributed by atoms with Crippen LogP contribution in [0.15, 0.2) is 18.2 Å². The standard InChI is InChI=1S/C14H20N4/c1-10-16-13-5-4-12(9-14(13)17-10)18-8-2-3-11(18)6-7-15/h4-5,9,11H,2-3,6-8,15H2,1H3,(H,16,17). The third-order valence-corrected chi connectivity index (χ3v) is 3.79. The fourth-order valence-corrected chi connectivity index (χ4v) is 2.97. The third-order valence-electron chi connectivity index (χ3n) is 3.79. The lowest BCUT2D eigenvalue weighted by Gasteiger charge is -2.26. The monoisotopic (exact) mass is 244 g/mol. The van der Waals surface area contributed by atoms with Crippen LogP contribution in [0.3, 0.4) is 0 Å². The molecule has 1 aliphatic heterocycles. The van der Waals surface area contributed by atoms with Crippen LogP contribution < -0.4 is 10.6 Å². The highest BCUT2D eigenvalue weighted by atomic mass is 15.2. The first-order valence-electron chi connectivity index (χ1n) is 6.71. The van der Waals surface area contributed by atoms with Gasteiger partial charge >= 0.3 is 0 Å². The minimum atomic E-state index is 0.608. The minimum absolute atomic E-state index is 0.608. The number of hydrogen-bond donors (Lipinski definition) is 2. The van der Waals surface area contributed by atoms with E-state index in [0.717, 1.165) is 36.4 Å². The number of nitrogens with zero attached hydrogens (tertiary/aromatic N) is 2. The summed E-state index contributed by atoms with van der Waals surface area (Å²) in [5.41, 5.74) is 9.17. The molecule has 0 saturated carbocycles. The fourth-order valence-electron chi connectivity index (χ4n) is 2.97. The second-order valence-electron chi connectivity index (χ2n) is 5.09. The molecule has 0 bridgehead atoms. The van der Waals surface area contributed by atoms with E-state index in [1.807, 2.05) is 6.92 Å². The molecule has 2 heterocycles. The highest BCUT2D eigenvalue weighted by Crippen LogP contribution is 2.29. The Morgan fingerprint density at radius 3 is 3.22 bits per heavy atom. The van der Waals surface area contributed by atoms with E-state index in [1.165, 1.54) is 18.5 Å². The molecule has 18 heavy (non-hydrogen) atoms. The zero-order valence-electron chi connectivity index (χ0n) is 10.8. The number of nitrogens with one attached hydrogen (secondary N) is 1. The lowest BCUT2D eigenvalue weighted by molar-refractivity contribution is 0.619. The van der Waals surface area contributed by atoms with Crippen LogP contribution in [0.4, 0.5) is 5.69 Å². The molecule has 0 aliphatic carbocycles. The summed E-state index contributed by atoms with van der Waals surface area (Å²) in [6.07, 6.45) is 3.61. The van der Waals surface area contributed by atoms with Gasteiger partial charge in [0, 0.05) is 18.3 Å². The van der Waals surface area contributed by atoms with Gasteiger partial charge in [-0.25, -0.2) is 4.98 Å². The van der Waals surface area contributed by atoms with Crippen LogP contribution in [-0.2, 0) is 0 Å². The van der Waals surface area contributed by atoms with E-state index in [-0.39, 0.29) is 0 Å². The van der Waals surface area contributed by atoms with Gasteiger partial charge in [-0.1, -0.05) is 0 Å². The largest absolute Gasteiger partial charge is 0.368 e. The number of aryl methyl sites for hydroxylation is 1. The Bertz CT molecular complexity index is 546. The second kappa shape index (κ2) is 4.61. The van der Waals surface area contributed by atoms with E-state index in [2.05, 4.69) is 33.1 Å². The number of rotatable bonds is 3. The summed E-state index contributed by atoms with van der Waals surface area (Å²) in [6, 6.07) is 7.10. The van der Waals surface area contributed by atoms with Gasteiger partial charge in [-0.2, -0.15) is 0 Å². The van der Waals surface area contributed by atoms with Crippen molar-refractivity contribution >= 4 is 16.7 Å².